The van der Waals surface area contributed by atoms with Crippen LogP contribution in [0.4, 0.5) is 0 Å². The van der Waals surface area contributed by atoms with Gasteiger partial charge in [-0.2, -0.15) is 0 Å². The van der Waals surface area contributed by atoms with Gasteiger partial charge in [-0.15, -0.1) is 0 Å². The van der Waals surface area contributed by atoms with E-state index in [1.54, 1.807) is 20.8 Å². The van der Waals surface area contributed by atoms with Gasteiger partial charge in [0.15, 0.2) is 0 Å². The molecule has 0 saturated heterocycles. The van der Waals surface area contributed by atoms with Crippen LogP contribution >= 0.6 is 0 Å². The molecule has 0 aliphatic rings. The molecule has 0 amide bonds. The normalized spacial score (nSPS) is 14.8. The fourth-order valence-electron chi connectivity index (χ4n) is 1.67. The molecular weight excluding hydrogens is 242 g/mol. The molecule has 0 radical (unpaired) electrons. The molecule has 4 heteroatoms. The van der Waals surface area contributed by atoms with E-state index in [1.807, 2.05) is 30.3 Å². The van der Waals surface area contributed by atoms with Gasteiger partial charge in [-0.3, -0.25) is 4.79 Å². The zero-order valence-electron chi connectivity index (χ0n) is 11.8. The Morgan fingerprint density at radius 1 is 1.32 bits per heavy atom. The number of ether oxygens (including phenoxy) is 1. The molecule has 0 bridgehead atoms. The molecule has 2 atom stereocenters. The summed E-state index contributed by atoms with van der Waals surface area (Å²) in [6.45, 7) is 5.32. The summed E-state index contributed by atoms with van der Waals surface area (Å²) in [6, 6.07) is 8.78. The smallest absolute Gasteiger partial charge is 0.326 e. The highest BCUT2D eigenvalue weighted by Crippen LogP contribution is 2.11. The molecule has 0 spiro atoms. The summed E-state index contributed by atoms with van der Waals surface area (Å²) in [5.74, 6) is -0.562. The second kappa shape index (κ2) is 6.68. The van der Waals surface area contributed by atoms with E-state index in [0.29, 0.717) is 12.8 Å². The molecule has 4 nitrogen and oxygen atoms in total. The number of aliphatic hydroxyl groups excluding tert-OH is 1. The molecule has 0 saturated carbocycles. The van der Waals surface area contributed by atoms with Crippen molar-refractivity contribution >= 4 is 5.97 Å². The van der Waals surface area contributed by atoms with Crippen LogP contribution in [-0.4, -0.2) is 28.8 Å². The van der Waals surface area contributed by atoms with Crippen LogP contribution in [0.2, 0.25) is 0 Å². The maximum Gasteiger partial charge on any atom is 0.326 e. The van der Waals surface area contributed by atoms with Gasteiger partial charge in [0.25, 0.3) is 0 Å². The molecule has 0 heterocycles. The Kier molecular flexibility index (Phi) is 5.51. The number of hydrogen-bond donors (Lipinski definition) is 2. The first-order valence-corrected chi connectivity index (χ1v) is 6.50. The van der Waals surface area contributed by atoms with E-state index in [9.17, 15) is 9.90 Å². The summed E-state index contributed by atoms with van der Waals surface area (Å²) in [5, 5.41) is 9.92. The summed E-state index contributed by atoms with van der Waals surface area (Å²) in [6.07, 6.45) is 0.221. The zero-order chi connectivity index (χ0) is 14.5. The van der Waals surface area contributed by atoms with Crippen molar-refractivity contribution in [1.82, 2.24) is 0 Å². The minimum Gasteiger partial charge on any atom is -0.459 e. The molecule has 3 N–H and O–H groups in total. The lowest BCUT2D eigenvalue weighted by Gasteiger charge is -2.24. The van der Waals surface area contributed by atoms with Crippen molar-refractivity contribution in [2.24, 2.45) is 5.73 Å². The van der Waals surface area contributed by atoms with Crippen molar-refractivity contribution in [2.45, 2.75) is 51.4 Å². The van der Waals surface area contributed by atoms with E-state index in [4.69, 9.17) is 10.5 Å². The highest BCUT2D eigenvalue weighted by Gasteiger charge is 2.27. The first-order chi connectivity index (χ1) is 8.79. The third-order valence-corrected chi connectivity index (χ3v) is 2.67. The Labute approximate surface area is 114 Å². The largest absolute Gasteiger partial charge is 0.459 e. The van der Waals surface area contributed by atoms with Gasteiger partial charge in [-0.05, 0) is 39.2 Å². The van der Waals surface area contributed by atoms with E-state index in [1.165, 1.54) is 0 Å². The molecule has 1 rings (SSSR count). The van der Waals surface area contributed by atoms with Gasteiger partial charge in [0.05, 0.1) is 6.10 Å². The van der Waals surface area contributed by atoms with Gasteiger partial charge >= 0.3 is 5.97 Å². The van der Waals surface area contributed by atoms with Crippen LogP contribution < -0.4 is 5.73 Å². The highest BCUT2D eigenvalue weighted by atomic mass is 16.6. The number of aliphatic hydroxyl groups is 1. The Bertz CT molecular complexity index is 398. The SMILES string of the molecule is CC(C)(C)OC(=O)C(N)C(O)CCc1ccccc1. The summed E-state index contributed by atoms with van der Waals surface area (Å²) in [7, 11) is 0. The average molecular weight is 265 g/mol. The monoisotopic (exact) mass is 265 g/mol. The number of hydrogen-bond acceptors (Lipinski definition) is 4. The predicted molar refractivity (Wildman–Crippen MR) is 74.6 cm³/mol. The summed E-state index contributed by atoms with van der Waals surface area (Å²) in [5.41, 5.74) is 6.23. The molecular formula is C15H23NO3. The molecule has 0 fully saturated rings. The molecule has 19 heavy (non-hydrogen) atoms. The van der Waals surface area contributed by atoms with E-state index in [0.717, 1.165) is 5.56 Å². The van der Waals surface area contributed by atoms with Crippen LogP contribution in [0.25, 0.3) is 0 Å². The lowest BCUT2D eigenvalue weighted by molar-refractivity contribution is -0.159. The third kappa shape index (κ3) is 5.85. The predicted octanol–water partition coefficient (Wildman–Crippen LogP) is 1.65. The summed E-state index contributed by atoms with van der Waals surface area (Å²) < 4.78 is 5.15. The number of carbonyl (C=O) groups is 1. The van der Waals surface area contributed by atoms with Crippen molar-refractivity contribution in [3.63, 3.8) is 0 Å². The van der Waals surface area contributed by atoms with Gasteiger partial charge in [0, 0.05) is 0 Å². The Balaban J connectivity index is 2.44. The highest BCUT2D eigenvalue weighted by molar-refractivity contribution is 5.76. The van der Waals surface area contributed by atoms with Gasteiger partial charge in [-0.25, -0.2) is 0 Å². The maximum atomic E-state index is 11.7. The minimum atomic E-state index is -0.997. The summed E-state index contributed by atoms with van der Waals surface area (Å²) >= 11 is 0. The molecule has 1 aromatic rings. The number of benzene rings is 1. The number of aryl methyl sites for hydroxylation is 1. The summed E-state index contributed by atoms with van der Waals surface area (Å²) in [4.78, 5) is 11.7. The van der Waals surface area contributed by atoms with Crippen LogP contribution in [0.1, 0.15) is 32.8 Å². The maximum absolute atomic E-state index is 11.7. The minimum absolute atomic E-state index is 0.435. The lowest BCUT2D eigenvalue weighted by atomic mass is 10.0. The Morgan fingerprint density at radius 2 is 1.89 bits per heavy atom. The first-order valence-electron chi connectivity index (χ1n) is 6.50. The van der Waals surface area contributed by atoms with Crippen LogP contribution in [0.5, 0.6) is 0 Å². The first kappa shape index (κ1) is 15.7. The van der Waals surface area contributed by atoms with Crippen LogP contribution in [-0.2, 0) is 16.0 Å². The number of nitrogens with two attached hydrogens (primary N) is 1. The van der Waals surface area contributed by atoms with E-state index >= 15 is 0 Å². The standard InChI is InChI=1S/C15H23NO3/c1-15(2,3)19-14(18)13(16)12(17)10-9-11-7-5-4-6-8-11/h4-8,12-13,17H,9-10,16H2,1-3H3. The van der Waals surface area contributed by atoms with Crippen molar-refractivity contribution < 1.29 is 14.6 Å². The topological polar surface area (TPSA) is 72.5 Å². The van der Waals surface area contributed by atoms with Crippen LogP contribution in [0, 0.1) is 0 Å². The van der Waals surface area contributed by atoms with Gasteiger partial charge in [0.2, 0.25) is 0 Å². The number of carbonyl (C=O) groups excluding carboxylic acids is 1. The third-order valence-electron chi connectivity index (χ3n) is 2.67. The van der Waals surface area contributed by atoms with E-state index in [-0.39, 0.29) is 0 Å². The zero-order valence-corrected chi connectivity index (χ0v) is 11.8. The second-order valence-electron chi connectivity index (χ2n) is 5.65. The fourth-order valence-corrected chi connectivity index (χ4v) is 1.67. The van der Waals surface area contributed by atoms with Crippen molar-refractivity contribution in [1.29, 1.82) is 0 Å². The molecule has 0 aliphatic heterocycles. The average Bonchev–Trinajstić information content (AvgIpc) is 2.34. The van der Waals surface area contributed by atoms with Crippen molar-refractivity contribution in [3.05, 3.63) is 35.9 Å². The van der Waals surface area contributed by atoms with Gasteiger partial charge in [-0.1, -0.05) is 30.3 Å². The molecule has 0 aliphatic carbocycles. The second-order valence-corrected chi connectivity index (χ2v) is 5.65. The lowest BCUT2D eigenvalue weighted by Crippen LogP contribution is -2.45. The molecule has 2 unspecified atom stereocenters. The van der Waals surface area contributed by atoms with Gasteiger partial charge < -0.3 is 15.6 Å². The molecule has 0 aromatic heterocycles. The van der Waals surface area contributed by atoms with Crippen LogP contribution in [0.3, 0.4) is 0 Å². The number of rotatable bonds is 5. The van der Waals surface area contributed by atoms with E-state index in [2.05, 4.69) is 0 Å². The Hall–Kier alpha value is -1.39. The van der Waals surface area contributed by atoms with E-state index < -0.39 is 23.7 Å². The Morgan fingerprint density at radius 3 is 2.42 bits per heavy atom. The fraction of sp³-hybridized carbons (Fsp3) is 0.533. The number of esters is 1. The van der Waals surface area contributed by atoms with Crippen molar-refractivity contribution in [2.75, 3.05) is 0 Å². The molecule has 106 valence electrons. The van der Waals surface area contributed by atoms with Gasteiger partial charge in [0.1, 0.15) is 11.6 Å². The quantitative estimate of drug-likeness (QED) is 0.794. The molecule has 1 aromatic carbocycles. The van der Waals surface area contributed by atoms with Crippen molar-refractivity contribution in [3.8, 4) is 0 Å². The van der Waals surface area contributed by atoms with Crippen LogP contribution in [0.15, 0.2) is 30.3 Å².